The number of rotatable bonds is 4. The molecule has 0 aliphatic heterocycles. The first-order chi connectivity index (χ1) is 10.1. The van der Waals surface area contributed by atoms with Gasteiger partial charge in [0.25, 0.3) is 0 Å². The molecule has 2 aliphatic rings. The Morgan fingerprint density at radius 1 is 1.24 bits per heavy atom. The van der Waals surface area contributed by atoms with Crippen molar-refractivity contribution in [2.45, 2.75) is 19.8 Å². The number of aliphatic carboxylic acids is 1. The average Bonchev–Trinajstić information content (AvgIpc) is 3.07. The number of aryl methyl sites for hydroxylation is 1. The highest BCUT2D eigenvalue weighted by Gasteiger charge is 2.51. The van der Waals surface area contributed by atoms with Gasteiger partial charge in [-0.2, -0.15) is 0 Å². The van der Waals surface area contributed by atoms with E-state index < -0.39 is 17.8 Å². The molecule has 3 rings (SSSR count). The van der Waals surface area contributed by atoms with Crippen molar-refractivity contribution >= 4 is 17.6 Å². The van der Waals surface area contributed by atoms with Gasteiger partial charge in [-0.1, -0.05) is 31.2 Å². The van der Waals surface area contributed by atoms with Gasteiger partial charge in [0.05, 0.1) is 11.8 Å². The summed E-state index contributed by atoms with van der Waals surface area (Å²) in [4.78, 5) is 24.0. The first kappa shape index (κ1) is 13.9. The van der Waals surface area contributed by atoms with Crippen LogP contribution in [0.1, 0.15) is 18.9 Å². The number of carboxylic acid groups (broad SMARTS) is 1. The predicted molar refractivity (Wildman–Crippen MR) is 79.8 cm³/mol. The van der Waals surface area contributed by atoms with Crippen LogP contribution < -0.4 is 5.32 Å². The van der Waals surface area contributed by atoms with Crippen molar-refractivity contribution < 1.29 is 14.7 Å². The van der Waals surface area contributed by atoms with Crippen LogP contribution in [-0.4, -0.2) is 17.0 Å². The highest BCUT2D eigenvalue weighted by atomic mass is 16.4. The lowest BCUT2D eigenvalue weighted by molar-refractivity contribution is -0.146. The number of hydrogen-bond acceptors (Lipinski definition) is 2. The van der Waals surface area contributed by atoms with Crippen molar-refractivity contribution in [2.24, 2.45) is 23.7 Å². The fourth-order valence-corrected chi connectivity index (χ4v) is 3.61. The second kappa shape index (κ2) is 5.35. The fraction of sp³-hybridized carbons (Fsp3) is 0.412. The molecule has 0 spiro atoms. The number of carbonyl (C=O) groups is 2. The maximum atomic E-state index is 12.5. The Morgan fingerprint density at radius 3 is 2.62 bits per heavy atom. The first-order valence-corrected chi connectivity index (χ1v) is 7.41. The van der Waals surface area contributed by atoms with Gasteiger partial charge >= 0.3 is 5.97 Å². The third-order valence-corrected chi connectivity index (χ3v) is 4.65. The third kappa shape index (κ3) is 2.46. The molecule has 4 heteroatoms. The van der Waals surface area contributed by atoms with Crippen molar-refractivity contribution in [1.82, 2.24) is 0 Å². The van der Waals surface area contributed by atoms with Crippen molar-refractivity contribution in [3.8, 4) is 0 Å². The number of carboxylic acids is 1. The second-order valence-corrected chi connectivity index (χ2v) is 5.88. The SMILES string of the molecule is CCc1cccc(NC(=O)[C@@H]2[C@H](C(=O)O)[C@H]3C=C[C@H]2C3)c1. The minimum Gasteiger partial charge on any atom is -0.481 e. The minimum absolute atomic E-state index is 0.00484. The number of hydrogen-bond donors (Lipinski definition) is 2. The molecule has 1 fully saturated rings. The standard InChI is InChI=1S/C17H19NO3/c1-2-10-4-3-5-13(8-10)18-16(19)14-11-6-7-12(9-11)15(14)17(20)21/h3-8,11-12,14-15H,2,9H2,1H3,(H,18,19)(H,20,21)/t11-,12-,14-,15+/m0/s1. The van der Waals surface area contributed by atoms with Gasteiger partial charge in [-0.15, -0.1) is 0 Å². The molecule has 2 bridgehead atoms. The molecular formula is C17H19NO3. The lowest BCUT2D eigenvalue weighted by atomic mass is 9.82. The van der Waals surface area contributed by atoms with Gasteiger partial charge in [0.2, 0.25) is 5.91 Å². The van der Waals surface area contributed by atoms with Crippen LogP contribution in [0.25, 0.3) is 0 Å². The molecule has 2 aliphatic carbocycles. The van der Waals surface area contributed by atoms with Crippen molar-refractivity contribution in [3.05, 3.63) is 42.0 Å². The molecule has 1 amide bonds. The largest absolute Gasteiger partial charge is 0.481 e. The predicted octanol–water partition coefficient (Wildman–Crippen LogP) is 2.71. The van der Waals surface area contributed by atoms with Crippen LogP contribution in [0, 0.1) is 23.7 Å². The Hall–Kier alpha value is -2.10. The number of benzene rings is 1. The normalized spacial score (nSPS) is 29.6. The third-order valence-electron chi connectivity index (χ3n) is 4.65. The van der Waals surface area contributed by atoms with Crippen LogP contribution in [0.4, 0.5) is 5.69 Å². The molecule has 0 radical (unpaired) electrons. The van der Waals surface area contributed by atoms with Crippen LogP contribution in [0.2, 0.25) is 0 Å². The van der Waals surface area contributed by atoms with E-state index in [2.05, 4.69) is 12.2 Å². The molecule has 2 N–H and O–H groups in total. The Kier molecular flexibility index (Phi) is 3.53. The summed E-state index contributed by atoms with van der Waals surface area (Å²) in [6.07, 6.45) is 5.63. The Morgan fingerprint density at radius 2 is 1.95 bits per heavy atom. The summed E-state index contributed by atoms with van der Waals surface area (Å²) in [6.45, 7) is 2.06. The Bertz CT molecular complexity index is 608. The summed E-state index contributed by atoms with van der Waals surface area (Å²) < 4.78 is 0. The monoisotopic (exact) mass is 285 g/mol. The molecule has 4 nitrogen and oxygen atoms in total. The maximum absolute atomic E-state index is 12.5. The number of amides is 1. The van der Waals surface area contributed by atoms with E-state index in [1.165, 1.54) is 0 Å². The zero-order chi connectivity index (χ0) is 15.0. The maximum Gasteiger partial charge on any atom is 0.307 e. The number of allylic oxidation sites excluding steroid dienone is 2. The van der Waals surface area contributed by atoms with Gasteiger partial charge in [-0.05, 0) is 42.4 Å². The molecule has 4 atom stereocenters. The number of anilines is 1. The second-order valence-electron chi connectivity index (χ2n) is 5.88. The van der Waals surface area contributed by atoms with E-state index in [0.29, 0.717) is 0 Å². The highest BCUT2D eigenvalue weighted by Crippen LogP contribution is 2.48. The van der Waals surface area contributed by atoms with E-state index in [1.54, 1.807) is 0 Å². The lowest BCUT2D eigenvalue weighted by Crippen LogP contribution is -2.36. The van der Waals surface area contributed by atoms with Gasteiger partial charge < -0.3 is 10.4 Å². The van der Waals surface area contributed by atoms with E-state index in [9.17, 15) is 14.7 Å². The molecule has 0 unspecified atom stereocenters. The van der Waals surface area contributed by atoms with Crippen molar-refractivity contribution in [3.63, 3.8) is 0 Å². The average molecular weight is 285 g/mol. The summed E-state index contributed by atoms with van der Waals surface area (Å²) in [5.41, 5.74) is 1.89. The van der Waals surface area contributed by atoms with Gasteiger partial charge in [0.1, 0.15) is 0 Å². The fourth-order valence-electron chi connectivity index (χ4n) is 3.61. The van der Waals surface area contributed by atoms with Crippen molar-refractivity contribution in [2.75, 3.05) is 5.32 Å². The van der Waals surface area contributed by atoms with Crippen LogP contribution in [0.3, 0.4) is 0 Å². The molecule has 110 valence electrons. The van der Waals surface area contributed by atoms with E-state index in [4.69, 9.17) is 0 Å². The van der Waals surface area contributed by atoms with E-state index in [1.807, 2.05) is 36.4 Å². The highest BCUT2D eigenvalue weighted by molar-refractivity contribution is 5.96. The summed E-state index contributed by atoms with van der Waals surface area (Å²) in [5.74, 6) is -2.02. The molecule has 0 aromatic heterocycles. The molecule has 21 heavy (non-hydrogen) atoms. The zero-order valence-electron chi connectivity index (χ0n) is 12.0. The van der Waals surface area contributed by atoms with Gasteiger partial charge in [0, 0.05) is 5.69 Å². The molecular weight excluding hydrogens is 266 g/mol. The molecule has 0 saturated heterocycles. The summed E-state index contributed by atoms with van der Waals surface area (Å²) >= 11 is 0. The van der Waals surface area contributed by atoms with Crippen LogP contribution in [0.5, 0.6) is 0 Å². The number of carbonyl (C=O) groups excluding carboxylic acids is 1. The number of nitrogens with one attached hydrogen (secondary N) is 1. The molecule has 0 heterocycles. The van der Waals surface area contributed by atoms with Crippen LogP contribution in [0.15, 0.2) is 36.4 Å². The Balaban J connectivity index is 1.78. The Labute approximate surface area is 123 Å². The van der Waals surface area contributed by atoms with E-state index in [0.717, 1.165) is 24.1 Å². The van der Waals surface area contributed by atoms with Crippen molar-refractivity contribution in [1.29, 1.82) is 0 Å². The van der Waals surface area contributed by atoms with Crippen LogP contribution >= 0.6 is 0 Å². The zero-order valence-corrected chi connectivity index (χ0v) is 12.0. The van der Waals surface area contributed by atoms with Gasteiger partial charge in [-0.25, -0.2) is 0 Å². The molecule has 1 aromatic carbocycles. The van der Waals surface area contributed by atoms with Gasteiger partial charge in [-0.3, -0.25) is 9.59 Å². The van der Waals surface area contributed by atoms with E-state index >= 15 is 0 Å². The minimum atomic E-state index is -0.866. The quantitative estimate of drug-likeness (QED) is 0.836. The van der Waals surface area contributed by atoms with Crippen LogP contribution in [-0.2, 0) is 16.0 Å². The molecule has 1 saturated carbocycles. The number of fused-ring (bicyclic) bond motifs is 2. The summed E-state index contributed by atoms with van der Waals surface area (Å²) in [7, 11) is 0. The first-order valence-electron chi connectivity index (χ1n) is 7.41. The topological polar surface area (TPSA) is 66.4 Å². The lowest BCUT2D eigenvalue weighted by Gasteiger charge is -2.23. The summed E-state index contributed by atoms with van der Waals surface area (Å²) in [5, 5.41) is 12.3. The smallest absolute Gasteiger partial charge is 0.307 e. The summed E-state index contributed by atoms with van der Waals surface area (Å²) in [6, 6.07) is 7.70. The molecule has 1 aromatic rings. The van der Waals surface area contributed by atoms with Gasteiger partial charge in [0.15, 0.2) is 0 Å². The van der Waals surface area contributed by atoms with E-state index in [-0.39, 0.29) is 17.7 Å².